The van der Waals surface area contributed by atoms with Gasteiger partial charge >= 0.3 is 6.03 Å². The molecule has 5 nitrogen and oxygen atoms in total. The number of nitrogens with one attached hydrogen (secondary N) is 2. The maximum atomic E-state index is 14.0. The van der Waals surface area contributed by atoms with Crippen LogP contribution in [-0.4, -0.2) is 24.8 Å². The minimum absolute atomic E-state index is 0.0534. The number of rotatable bonds is 6. The zero-order valence-corrected chi connectivity index (χ0v) is 14.5. The van der Waals surface area contributed by atoms with Crippen molar-refractivity contribution in [2.75, 3.05) is 13.7 Å². The van der Waals surface area contributed by atoms with Gasteiger partial charge in [0.05, 0.1) is 24.8 Å². The Kier molecular flexibility index (Phi) is 6.36. The lowest BCUT2D eigenvalue weighted by Gasteiger charge is -2.19. The molecular weight excluding hydrogens is 323 g/mol. The Morgan fingerprint density at radius 3 is 2.64 bits per heavy atom. The standard InChI is InChI=1S/C19H23FN2O3/c1-12-7-4-5-8-14(12)16(23)11-21-19(24)22-13(2)18-15(20)9-6-10-17(18)25-3/h4-10,13,16,23H,11H2,1-3H3,(H2,21,22,24). The molecule has 0 heterocycles. The Balaban J connectivity index is 1.95. The second-order valence-electron chi connectivity index (χ2n) is 5.80. The highest BCUT2D eigenvalue weighted by atomic mass is 19.1. The van der Waals surface area contributed by atoms with Gasteiger partial charge < -0.3 is 20.5 Å². The molecule has 0 aliphatic rings. The van der Waals surface area contributed by atoms with Crippen molar-refractivity contribution in [3.8, 4) is 5.75 Å². The Labute approximate surface area is 146 Å². The number of hydrogen-bond donors (Lipinski definition) is 3. The molecule has 0 saturated heterocycles. The minimum atomic E-state index is -0.815. The average Bonchev–Trinajstić information content (AvgIpc) is 2.59. The first kappa shape index (κ1) is 18.7. The SMILES string of the molecule is COc1cccc(F)c1C(C)NC(=O)NCC(O)c1ccccc1C. The van der Waals surface area contributed by atoms with Crippen molar-refractivity contribution in [1.82, 2.24) is 10.6 Å². The Hall–Kier alpha value is -2.60. The van der Waals surface area contributed by atoms with E-state index >= 15 is 0 Å². The van der Waals surface area contributed by atoms with Crippen molar-refractivity contribution in [2.24, 2.45) is 0 Å². The molecule has 2 aromatic rings. The molecule has 134 valence electrons. The smallest absolute Gasteiger partial charge is 0.315 e. The van der Waals surface area contributed by atoms with Crippen molar-refractivity contribution in [2.45, 2.75) is 26.0 Å². The summed E-state index contributed by atoms with van der Waals surface area (Å²) >= 11 is 0. The molecule has 2 atom stereocenters. The summed E-state index contributed by atoms with van der Waals surface area (Å²) in [4.78, 5) is 12.1. The number of halogens is 1. The fourth-order valence-electron chi connectivity index (χ4n) is 2.70. The third kappa shape index (κ3) is 4.70. The van der Waals surface area contributed by atoms with Gasteiger partial charge in [-0.1, -0.05) is 30.3 Å². The summed E-state index contributed by atoms with van der Waals surface area (Å²) in [5.41, 5.74) is 1.98. The van der Waals surface area contributed by atoms with Crippen molar-refractivity contribution in [3.05, 3.63) is 65.0 Å². The molecule has 0 aliphatic heterocycles. The van der Waals surface area contributed by atoms with E-state index in [0.29, 0.717) is 5.75 Å². The van der Waals surface area contributed by atoms with E-state index in [1.807, 2.05) is 31.2 Å². The van der Waals surface area contributed by atoms with Crippen LogP contribution in [0.3, 0.4) is 0 Å². The zero-order valence-electron chi connectivity index (χ0n) is 14.5. The molecule has 2 rings (SSSR count). The van der Waals surface area contributed by atoms with Gasteiger partial charge in [-0.25, -0.2) is 9.18 Å². The van der Waals surface area contributed by atoms with Crippen LogP contribution in [0.5, 0.6) is 5.75 Å². The lowest BCUT2D eigenvalue weighted by atomic mass is 10.0. The molecule has 2 aromatic carbocycles. The summed E-state index contributed by atoms with van der Waals surface area (Å²) in [6, 6.07) is 10.8. The maximum Gasteiger partial charge on any atom is 0.315 e. The van der Waals surface area contributed by atoms with Gasteiger partial charge in [-0.05, 0) is 37.1 Å². The number of carbonyl (C=O) groups is 1. The molecule has 0 aromatic heterocycles. The summed E-state index contributed by atoms with van der Waals surface area (Å²) in [6.07, 6.45) is -0.815. The molecule has 2 unspecified atom stereocenters. The third-order valence-corrected chi connectivity index (χ3v) is 4.02. The number of aliphatic hydroxyl groups excluding tert-OH is 1. The summed E-state index contributed by atoms with van der Waals surface area (Å²) in [5.74, 6) is -0.0835. The zero-order chi connectivity index (χ0) is 18.4. The highest BCUT2D eigenvalue weighted by Gasteiger charge is 2.19. The average molecular weight is 346 g/mol. The number of urea groups is 1. The number of aliphatic hydroxyl groups is 1. The molecule has 25 heavy (non-hydrogen) atoms. The van der Waals surface area contributed by atoms with E-state index in [1.54, 1.807) is 19.1 Å². The minimum Gasteiger partial charge on any atom is -0.496 e. The lowest BCUT2D eigenvalue weighted by molar-refractivity contribution is 0.172. The van der Waals surface area contributed by atoms with E-state index in [0.717, 1.165) is 11.1 Å². The highest BCUT2D eigenvalue weighted by Crippen LogP contribution is 2.27. The molecule has 0 spiro atoms. The predicted molar refractivity (Wildman–Crippen MR) is 94.0 cm³/mol. The summed E-state index contributed by atoms with van der Waals surface area (Å²) < 4.78 is 19.2. The molecule has 0 fully saturated rings. The number of methoxy groups -OCH3 is 1. The molecule has 2 amide bonds. The van der Waals surface area contributed by atoms with Gasteiger partial charge in [0.25, 0.3) is 0 Å². The topological polar surface area (TPSA) is 70.6 Å². The quantitative estimate of drug-likeness (QED) is 0.752. The lowest BCUT2D eigenvalue weighted by Crippen LogP contribution is -2.39. The third-order valence-electron chi connectivity index (χ3n) is 4.02. The monoisotopic (exact) mass is 346 g/mol. The molecule has 0 saturated carbocycles. The first-order valence-electron chi connectivity index (χ1n) is 8.04. The van der Waals surface area contributed by atoms with Crippen LogP contribution in [0.2, 0.25) is 0 Å². The number of benzene rings is 2. The summed E-state index contributed by atoms with van der Waals surface area (Å²) in [6.45, 7) is 3.61. The van der Waals surface area contributed by atoms with Crippen LogP contribution in [0.4, 0.5) is 9.18 Å². The number of amides is 2. The summed E-state index contributed by atoms with van der Waals surface area (Å²) in [5, 5.41) is 15.5. The molecule has 0 radical (unpaired) electrons. The van der Waals surface area contributed by atoms with Crippen molar-refractivity contribution < 1.29 is 19.0 Å². The molecule has 0 bridgehead atoms. The number of ether oxygens (including phenoxy) is 1. The number of aryl methyl sites for hydroxylation is 1. The predicted octanol–water partition coefficient (Wildman–Crippen LogP) is 3.24. The van der Waals surface area contributed by atoms with Gasteiger partial charge in [0.2, 0.25) is 0 Å². The van der Waals surface area contributed by atoms with Crippen LogP contribution in [0.25, 0.3) is 0 Å². The Morgan fingerprint density at radius 1 is 1.24 bits per heavy atom. The van der Waals surface area contributed by atoms with Gasteiger partial charge in [0.1, 0.15) is 11.6 Å². The van der Waals surface area contributed by atoms with Gasteiger partial charge in [-0.3, -0.25) is 0 Å². The van der Waals surface area contributed by atoms with E-state index in [2.05, 4.69) is 10.6 Å². The maximum absolute atomic E-state index is 14.0. The van der Waals surface area contributed by atoms with E-state index in [1.165, 1.54) is 13.2 Å². The van der Waals surface area contributed by atoms with E-state index in [9.17, 15) is 14.3 Å². The molecule has 0 aliphatic carbocycles. The Morgan fingerprint density at radius 2 is 1.96 bits per heavy atom. The number of carbonyl (C=O) groups excluding carboxylic acids is 1. The first-order valence-corrected chi connectivity index (χ1v) is 8.04. The van der Waals surface area contributed by atoms with E-state index in [-0.39, 0.29) is 12.1 Å². The molecular formula is C19H23FN2O3. The van der Waals surface area contributed by atoms with Gasteiger partial charge in [0, 0.05) is 6.54 Å². The van der Waals surface area contributed by atoms with Gasteiger partial charge in [-0.2, -0.15) is 0 Å². The molecule has 6 heteroatoms. The van der Waals surface area contributed by atoms with Crippen molar-refractivity contribution >= 4 is 6.03 Å². The highest BCUT2D eigenvalue weighted by molar-refractivity contribution is 5.74. The van der Waals surface area contributed by atoms with Crippen molar-refractivity contribution in [3.63, 3.8) is 0 Å². The van der Waals surface area contributed by atoms with Crippen LogP contribution in [0.1, 0.15) is 35.8 Å². The Bertz CT molecular complexity index is 736. The van der Waals surface area contributed by atoms with E-state index in [4.69, 9.17) is 4.74 Å². The fourth-order valence-corrected chi connectivity index (χ4v) is 2.70. The van der Waals surface area contributed by atoms with E-state index < -0.39 is 24.0 Å². The van der Waals surface area contributed by atoms with Crippen LogP contribution in [-0.2, 0) is 0 Å². The number of hydrogen-bond acceptors (Lipinski definition) is 3. The fraction of sp³-hybridized carbons (Fsp3) is 0.316. The normalized spacial score (nSPS) is 13.0. The van der Waals surface area contributed by atoms with Crippen LogP contribution < -0.4 is 15.4 Å². The van der Waals surface area contributed by atoms with Crippen LogP contribution in [0.15, 0.2) is 42.5 Å². The van der Waals surface area contributed by atoms with Gasteiger partial charge in [-0.15, -0.1) is 0 Å². The summed E-state index contributed by atoms with van der Waals surface area (Å²) in [7, 11) is 1.45. The second-order valence-corrected chi connectivity index (χ2v) is 5.80. The largest absolute Gasteiger partial charge is 0.496 e. The second kappa shape index (κ2) is 8.48. The first-order chi connectivity index (χ1) is 11.9. The molecule has 3 N–H and O–H groups in total. The van der Waals surface area contributed by atoms with Gasteiger partial charge in [0.15, 0.2) is 0 Å². The van der Waals surface area contributed by atoms with Crippen LogP contribution in [0, 0.1) is 12.7 Å². The van der Waals surface area contributed by atoms with Crippen LogP contribution >= 0.6 is 0 Å². The van der Waals surface area contributed by atoms with Crippen molar-refractivity contribution in [1.29, 1.82) is 0 Å².